The molecular formula is C47H54N10O6. The van der Waals surface area contributed by atoms with E-state index in [1.165, 1.54) is 18.0 Å². The Bertz CT molecular complexity index is 2820. The van der Waals surface area contributed by atoms with Crippen LogP contribution < -0.4 is 21.5 Å². The molecule has 63 heavy (non-hydrogen) atoms. The summed E-state index contributed by atoms with van der Waals surface area (Å²) in [4.78, 5) is 59.6. The van der Waals surface area contributed by atoms with Gasteiger partial charge < -0.3 is 30.0 Å². The lowest BCUT2D eigenvalue weighted by Crippen LogP contribution is -2.38. The zero-order chi connectivity index (χ0) is 43.6. The number of amides is 2. The minimum Gasteiger partial charge on any atom is -0.503 e. The van der Waals surface area contributed by atoms with Crippen LogP contribution in [0.3, 0.4) is 0 Å². The number of nitrogens with one attached hydrogen (secondary N) is 2. The zero-order valence-corrected chi connectivity index (χ0v) is 35.5. The summed E-state index contributed by atoms with van der Waals surface area (Å²) in [5.41, 5.74) is 1.70. The van der Waals surface area contributed by atoms with Crippen molar-refractivity contribution in [3.63, 3.8) is 0 Å². The van der Waals surface area contributed by atoms with Gasteiger partial charge in [-0.15, -0.1) is 0 Å². The summed E-state index contributed by atoms with van der Waals surface area (Å²) < 4.78 is 7.54. The molecule has 0 aromatic carbocycles. The second-order valence-corrected chi connectivity index (χ2v) is 17.7. The Labute approximate surface area is 363 Å². The molecule has 12 rings (SSSR count). The quantitative estimate of drug-likeness (QED) is 0.139. The monoisotopic (exact) mass is 854 g/mol. The predicted molar refractivity (Wildman–Crippen MR) is 237 cm³/mol. The van der Waals surface area contributed by atoms with Crippen molar-refractivity contribution >= 4 is 33.9 Å². The van der Waals surface area contributed by atoms with E-state index in [1.807, 2.05) is 12.4 Å². The van der Waals surface area contributed by atoms with Gasteiger partial charge in [0.2, 0.25) is 0 Å². The maximum absolute atomic E-state index is 12.6. The van der Waals surface area contributed by atoms with Crippen molar-refractivity contribution in [3.8, 4) is 11.5 Å². The summed E-state index contributed by atoms with van der Waals surface area (Å²) in [6, 6.07) is 8.63. The highest BCUT2D eigenvalue weighted by molar-refractivity contribution is 5.92. The highest BCUT2D eigenvalue weighted by atomic mass is 16.3. The molecule has 16 heteroatoms. The fourth-order valence-corrected chi connectivity index (χ4v) is 10.0. The number of nitrogens with zero attached hydrogens (tertiary/aromatic N) is 8. The molecule has 2 amide bonds. The van der Waals surface area contributed by atoms with E-state index < -0.39 is 34.2 Å². The van der Waals surface area contributed by atoms with Gasteiger partial charge in [0.15, 0.2) is 22.9 Å². The van der Waals surface area contributed by atoms with E-state index in [2.05, 4.69) is 78.8 Å². The van der Waals surface area contributed by atoms with Gasteiger partial charge in [-0.05, 0) is 99.6 Å². The number of aromatic nitrogens is 8. The van der Waals surface area contributed by atoms with Crippen LogP contribution in [0, 0.1) is 0 Å². The van der Waals surface area contributed by atoms with Crippen LogP contribution in [0.15, 0.2) is 83.2 Å². The predicted octanol–water partition coefficient (Wildman–Crippen LogP) is 5.61. The third kappa shape index (κ3) is 8.50. The average molecular weight is 855 g/mol. The van der Waals surface area contributed by atoms with Gasteiger partial charge in [0, 0.05) is 48.6 Å². The molecule has 0 atom stereocenters. The summed E-state index contributed by atoms with van der Waals surface area (Å²) in [6.07, 6.45) is 29.1. The Kier molecular flexibility index (Phi) is 11.7. The Balaban J connectivity index is 0.000000160. The molecule has 0 unspecified atom stereocenters. The molecule has 10 heterocycles. The van der Waals surface area contributed by atoms with Gasteiger partial charge in [0.1, 0.15) is 11.3 Å². The second-order valence-electron chi connectivity index (χ2n) is 17.7. The van der Waals surface area contributed by atoms with E-state index in [0.717, 1.165) is 124 Å². The molecule has 2 fully saturated rings. The fraction of sp³-hybridized carbons (Fsp3) is 0.447. The molecule has 16 nitrogen and oxygen atoms in total. The lowest BCUT2D eigenvalue weighted by Gasteiger charge is -2.32. The second kappa shape index (κ2) is 17.7. The van der Waals surface area contributed by atoms with Crippen LogP contribution in [-0.4, -0.2) is 73.8 Å². The normalized spacial score (nSPS) is 19.5. The lowest BCUT2D eigenvalue weighted by molar-refractivity contribution is 0.0934. The summed E-state index contributed by atoms with van der Waals surface area (Å²) in [7, 11) is 0. The summed E-state index contributed by atoms with van der Waals surface area (Å²) in [5.74, 6) is -2.00. The van der Waals surface area contributed by atoms with Crippen molar-refractivity contribution < 1.29 is 19.8 Å². The number of rotatable bonds is 0. The fourth-order valence-electron chi connectivity index (χ4n) is 10.0. The van der Waals surface area contributed by atoms with Gasteiger partial charge in [-0.2, -0.15) is 10.2 Å². The number of carbonyl (C=O) groups is 2. The first-order valence-electron chi connectivity index (χ1n) is 22.4. The molecule has 6 aliphatic rings. The van der Waals surface area contributed by atoms with Crippen molar-refractivity contribution in [2.24, 2.45) is 0 Å². The van der Waals surface area contributed by atoms with Gasteiger partial charge in [0.25, 0.3) is 22.7 Å². The minimum atomic E-state index is -0.742. The van der Waals surface area contributed by atoms with Crippen LogP contribution in [0.1, 0.15) is 116 Å². The van der Waals surface area contributed by atoms with Crippen LogP contribution in [0.2, 0.25) is 0 Å². The van der Waals surface area contributed by atoms with Gasteiger partial charge in [-0.3, -0.25) is 28.5 Å². The third-order valence-electron chi connectivity index (χ3n) is 13.3. The van der Waals surface area contributed by atoms with Crippen molar-refractivity contribution in [3.05, 3.63) is 117 Å². The van der Waals surface area contributed by atoms with E-state index in [4.69, 9.17) is 9.97 Å². The van der Waals surface area contributed by atoms with Crippen LogP contribution >= 0.6 is 0 Å². The Morgan fingerprint density at radius 2 is 1.10 bits per heavy atom. The number of hydrogen-bond acceptors (Lipinski definition) is 10. The first-order chi connectivity index (χ1) is 30.6. The van der Waals surface area contributed by atoms with Crippen LogP contribution in [0.4, 0.5) is 0 Å². The maximum Gasteiger partial charge on any atom is 0.275 e. The minimum absolute atomic E-state index is 0.253. The van der Waals surface area contributed by atoms with Gasteiger partial charge in [0.05, 0.1) is 36.6 Å². The van der Waals surface area contributed by atoms with Crippen molar-refractivity contribution in [1.82, 2.24) is 49.3 Å². The number of fused-ring (bicyclic) bond motifs is 14. The summed E-state index contributed by atoms with van der Waals surface area (Å²) in [5, 5.41) is 36.9. The van der Waals surface area contributed by atoms with Gasteiger partial charge >= 0.3 is 0 Å². The first-order valence-corrected chi connectivity index (χ1v) is 22.4. The van der Waals surface area contributed by atoms with Crippen LogP contribution in [0.25, 0.3) is 22.1 Å². The number of aryl methyl sites for hydroxylation is 1. The van der Waals surface area contributed by atoms with E-state index in [9.17, 15) is 29.4 Å². The smallest absolute Gasteiger partial charge is 0.275 e. The van der Waals surface area contributed by atoms with Gasteiger partial charge in [-0.25, -0.2) is 9.97 Å². The van der Waals surface area contributed by atoms with Gasteiger partial charge in [-0.1, -0.05) is 44.3 Å². The molecule has 2 aliphatic carbocycles. The SMILES string of the molecule is O=C1NCCC/C=C/Cc2cnc3c(ccn3C3(CCCC3)Cn3cc(O)c(=O)c1n3)c2.O=C1NCCCCCc2cnc3c(ccn3C3(CCCC3)Cn3cc(O)c(=O)c1n3)c2. The topological polar surface area (TPSA) is 204 Å². The third-order valence-corrected chi connectivity index (χ3v) is 13.3. The highest BCUT2D eigenvalue weighted by Gasteiger charge is 2.39. The largest absolute Gasteiger partial charge is 0.503 e. The van der Waals surface area contributed by atoms with Crippen LogP contribution in [0.5, 0.6) is 11.5 Å². The molecule has 6 aromatic rings. The number of hydrogen-bond donors (Lipinski definition) is 4. The van der Waals surface area contributed by atoms with E-state index in [1.54, 1.807) is 9.36 Å². The van der Waals surface area contributed by atoms with Crippen molar-refractivity contribution in [2.45, 2.75) is 120 Å². The summed E-state index contributed by atoms with van der Waals surface area (Å²) in [6.45, 7) is 1.80. The summed E-state index contributed by atoms with van der Waals surface area (Å²) >= 11 is 0. The highest BCUT2D eigenvalue weighted by Crippen LogP contribution is 2.41. The van der Waals surface area contributed by atoms with Crippen molar-refractivity contribution in [2.75, 3.05) is 13.1 Å². The number of carbonyl (C=O) groups excluding carboxylic acids is 2. The zero-order valence-electron chi connectivity index (χ0n) is 35.5. The lowest BCUT2D eigenvalue weighted by atomic mass is 9.97. The van der Waals surface area contributed by atoms with E-state index >= 15 is 0 Å². The molecule has 328 valence electrons. The number of pyridine rings is 2. The molecular weight excluding hydrogens is 801 g/mol. The molecule has 6 aromatic heterocycles. The number of allylic oxidation sites excluding steroid dienone is 2. The van der Waals surface area contributed by atoms with Crippen LogP contribution in [-0.2, 0) is 37.0 Å². The Hall–Kier alpha value is -6.58. The van der Waals surface area contributed by atoms with Crippen molar-refractivity contribution in [1.29, 1.82) is 0 Å². The molecule has 12 bridgehead atoms. The van der Waals surface area contributed by atoms with E-state index in [-0.39, 0.29) is 22.5 Å². The molecule has 2 spiro atoms. The Morgan fingerprint density at radius 3 is 1.65 bits per heavy atom. The number of aromatic hydroxyl groups is 2. The molecule has 2 saturated carbocycles. The standard InChI is InChI=1S/C24H27N5O3.C23H27N5O3/c30-19-15-28-16-24(9-4-5-10-24)29-12-8-18-13-17(14-26-22(18)29)7-3-1-2-6-11-25-23(32)20(27-28)21(19)31;29-18-14-27-15-23(8-3-4-9-23)28-11-7-17-12-16(13-25-21(17)28)6-2-1-5-10-24-22(31)19(26-27)20(18)30/h1,3,8,12-15,30H,2,4-7,9-11,16H2,(H,25,32);7,11-14,29H,1-6,8-10,15H2,(H,24,31)/b3-1+;. The molecule has 4 aliphatic heterocycles. The van der Waals surface area contributed by atoms with E-state index in [0.29, 0.717) is 26.2 Å². The molecule has 0 radical (unpaired) electrons. The Morgan fingerprint density at radius 1 is 0.587 bits per heavy atom. The first kappa shape index (κ1) is 41.8. The molecule has 4 N–H and O–H groups in total. The average Bonchev–Trinajstić information content (AvgIpc) is 4.11. The maximum atomic E-state index is 12.6. The molecule has 0 saturated heterocycles.